The second-order valence-electron chi connectivity index (χ2n) is 6.27. The summed E-state index contributed by atoms with van der Waals surface area (Å²) >= 11 is 2.97. The molecule has 5 aromatic heterocycles. The van der Waals surface area contributed by atoms with Crippen LogP contribution in [0.15, 0.2) is 54.2 Å². The molecular formula is C19H15N7OS2. The van der Waals surface area contributed by atoms with Gasteiger partial charge in [-0.05, 0) is 42.6 Å². The van der Waals surface area contributed by atoms with E-state index in [-0.39, 0.29) is 12.5 Å². The molecule has 1 amide bonds. The third-order valence-electron chi connectivity index (χ3n) is 4.32. The molecular weight excluding hydrogens is 406 g/mol. The van der Waals surface area contributed by atoms with E-state index in [2.05, 4.69) is 25.6 Å². The number of aromatic nitrogens is 6. The molecule has 0 spiro atoms. The molecule has 5 rings (SSSR count). The lowest BCUT2D eigenvalue weighted by atomic mass is 10.3. The van der Waals surface area contributed by atoms with Gasteiger partial charge in [-0.3, -0.25) is 4.79 Å². The Labute approximate surface area is 173 Å². The van der Waals surface area contributed by atoms with Gasteiger partial charge in [0.05, 0.1) is 17.1 Å². The van der Waals surface area contributed by atoms with Crippen molar-refractivity contribution in [1.82, 2.24) is 34.7 Å². The molecule has 0 aromatic carbocycles. The third-order valence-corrected chi connectivity index (χ3v) is 6.39. The van der Waals surface area contributed by atoms with Crippen molar-refractivity contribution in [2.75, 3.05) is 0 Å². The fraction of sp³-hybridized carbons (Fsp3) is 0.105. The average molecular weight is 422 g/mol. The Morgan fingerprint density at radius 1 is 1.14 bits per heavy atom. The molecule has 0 saturated carbocycles. The lowest BCUT2D eigenvalue weighted by molar-refractivity contribution is 0.0953. The summed E-state index contributed by atoms with van der Waals surface area (Å²) in [4.78, 5) is 18.8. The Bertz CT molecular complexity index is 1290. The highest BCUT2D eigenvalue weighted by molar-refractivity contribution is 7.16. The number of aryl methyl sites for hydroxylation is 1. The van der Waals surface area contributed by atoms with Crippen LogP contribution < -0.4 is 5.32 Å². The van der Waals surface area contributed by atoms with Crippen molar-refractivity contribution in [2.45, 2.75) is 13.5 Å². The van der Waals surface area contributed by atoms with E-state index >= 15 is 0 Å². The van der Waals surface area contributed by atoms with Crippen LogP contribution in [0.4, 0.5) is 0 Å². The monoisotopic (exact) mass is 421 g/mol. The van der Waals surface area contributed by atoms with E-state index in [1.165, 1.54) is 11.3 Å². The summed E-state index contributed by atoms with van der Waals surface area (Å²) in [5.41, 5.74) is 2.17. The van der Waals surface area contributed by atoms with Gasteiger partial charge < -0.3 is 9.88 Å². The van der Waals surface area contributed by atoms with Gasteiger partial charge in [0.15, 0.2) is 16.6 Å². The summed E-state index contributed by atoms with van der Waals surface area (Å²) in [6.45, 7) is 2.05. The molecule has 0 radical (unpaired) electrons. The Hall–Kier alpha value is -3.37. The number of carbonyl (C=O) groups excluding carboxylic acids is 1. The number of rotatable bonds is 5. The minimum absolute atomic E-state index is 0.190. The molecule has 0 atom stereocenters. The number of fused-ring (bicyclic) bond motifs is 1. The molecule has 5 aromatic rings. The van der Waals surface area contributed by atoms with Crippen LogP contribution in [0.3, 0.4) is 0 Å². The van der Waals surface area contributed by atoms with Crippen molar-refractivity contribution in [1.29, 1.82) is 0 Å². The van der Waals surface area contributed by atoms with Gasteiger partial charge in [0.25, 0.3) is 5.91 Å². The minimum Gasteiger partial charge on any atom is -0.344 e. The predicted molar refractivity (Wildman–Crippen MR) is 111 cm³/mol. The highest BCUT2D eigenvalue weighted by Gasteiger charge is 2.17. The summed E-state index contributed by atoms with van der Waals surface area (Å²) < 4.78 is 3.55. The molecule has 0 fully saturated rings. The molecule has 0 unspecified atom stereocenters. The summed E-state index contributed by atoms with van der Waals surface area (Å²) in [7, 11) is 0. The van der Waals surface area contributed by atoms with Gasteiger partial charge in [0.2, 0.25) is 0 Å². The van der Waals surface area contributed by atoms with E-state index in [0.29, 0.717) is 22.0 Å². The molecule has 8 nitrogen and oxygen atoms in total. The summed E-state index contributed by atoms with van der Waals surface area (Å²) in [6.07, 6.45) is 3.80. The maximum Gasteiger partial charge on any atom is 0.263 e. The zero-order chi connectivity index (χ0) is 19.8. The molecule has 29 heavy (non-hydrogen) atoms. The number of nitrogens with zero attached hydrogens (tertiary/aromatic N) is 6. The minimum atomic E-state index is -0.190. The van der Waals surface area contributed by atoms with Crippen molar-refractivity contribution in [2.24, 2.45) is 0 Å². The molecule has 0 bridgehead atoms. The van der Waals surface area contributed by atoms with Crippen molar-refractivity contribution in [3.8, 4) is 15.7 Å². The number of nitrogens with one attached hydrogen (secondary N) is 1. The molecule has 0 saturated heterocycles. The van der Waals surface area contributed by atoms with Crippen LogP contribution in [-0.2, 0) is 6.54 Å². The first-order valence-corrected chi connectivity index (χ1v) is 10.5. The third kappa shape index (κ3) is 3.32. The number of hydrogen-bond donors (Lipinski definition) is 1. The van der Waals surface area contributed by atoms with Gasteiger partial charge in [-0.1, -0.05) is 17.4 Å². The van der Waals surface area contributed by atoms with Gasteiger partial charge in [-0.2, -0.15) is 9.61 Å². The van der Waals surface area contributed by atoms with Gasteiger partial charge in [0, 0.05) is 12.4 Å². The Kier molecular flexibility index (Phi) is 4.41. The van der Waals surface area contributed by atoms with Crippen molar-refractivity contribution in [3.63, 3.8) is 0 Å². The van der Waals surface area contributed by atoms with Crippen LogP contribution in [-0.4, -0.2) is 35.3 Å². The highest BCUT2D eigenvalue weighted by Crippen LogP contribution is 2.23. The molecule has 1 N–H and O–H groups in total. The molecule has 144 valence electrons. The molecule has 0 aliphatic rings. The van der Waals surface area contributed by atoms with Crippen LogP contribution in [0.5, 0.6) is 0 Å². The Balaban J connectivity index is 1.37. The molecule has 5 heterocycles. The van der Waals surface area contributed by atoms with Crippen LogP contribution in [0.2, 0.25) is 0 Å². The van der Waals surface area contributed by atoms with E-state index in [1.807, 2.05) is 65.7 Å². The van der Waals surface area contributed by atoms with E-state index in [9.17, 15) is 4.79 Å². The van der Waals surface area contributed by atoms with Crippen molar-refractivity contribution >= 4 is 34.2 Å². The Morgan fingerprint density at radius 3 is 2.79 bits per heavy atom. The second-order valence-corrected chi connectivity index (χ2v) is 8.19. The van der Waals surface area contributed by atoms with E-state index in [0.717, 1.165) is 15.7 Å². The normalized spacial score (nSPS) is 11.2. The number of thiazole rings is 1. The number of carbonyl (C=O) groups is 1. The number of hydrogen-bond acceptors (Lipinski definition) is 7. The fourth-order valence-corrected chi connectivity index (χ4v) is 4.55. The highest BCUT2D eigenvalue weighted by atomic mass is 32.1. The Morgan fingerprint density at radius 2 is 2.00 bits per heavy atom. The maximum absolute atomic E-state index is 12.7. The van der Waals surface area contributed by atoms with Crippen LogP contribution >= 0.6 is 22.7 Å². The summed E-state index contributed by atoms with van der Waals surface area (Å²) in [5.74, 6) is 0.379. The van der Waals surface area contributed by atoms with Gasteiger partial charge in [-0.15, -0.1) is 21.5 Å². The summed E-state index contributed by atoms with van der Waals surface area (Å²) in [6, 6.07) is 11.6. The molecule has 10 heteroatoms. The molecule has 0 aliphatic carbocycles. The predicted octanol–water partition coefficient (Wildman–Crippen LogP) is 3.34. The molecule has 0 aliphatic heterocycles. The summed E-state index contributed by atoms with van der Waals surface area (Å²) in [5, 5.41) is 18.6. The lowest BCUT2D eigenvalue weighted by Gasteiger charge is -2.03. The van der Waals surface area contributed by atoms with Crippen LogP contribution in [0.1, 0.15) is 21.2 Å². The van der Waals surface area contributed by atoms with E-state index in [4.69, 9.17) is 0 Å². The van der Waals surface area contributed by atoms with E-state index < -0.39 is 0 Å². The van der Waals surface area contributed by atoms with Crippen molar-refractivity contribution in [3.05, 3.63) is 70.6 Å². The standard InChI is InChI=1S/C19H15N7OS2/c1-12-17(29-19(21-12)25-8-2-3-9-25)18(27)20-11-16-23-22-15-7-6-13(24-26(15)16)14-5-4-10-28-14/h2-10H,11H2,1H3,(H,20,27). The van der Waals surface area contributed by atoms with Crippen LogP contribution in [0.25, 0.3) is 21.3 Å². The van der Waals surface area contributed by atoms with Gasteiger partial charge >= 0.3 is 0 Å². The topological polar surface area (TPSA) is 90.0 Å². The maximum atomic E-state index is 12.7. The van der Waals surface area contributed by atoms with E-state index in [1.54, 1.807) is 15.9 Å². The zero-order valence-electron chi connectivity index (χ0n) is 15.3. The fourth-order valence-electron chi connectivity index (χ4n) is 2.90. The van der Waals surface area contributed by atoms with Gasteiger partial charge in [0.1, 0.15) is 10.6 Å². The average Bonchev–Trinajstić information content (AvgIpc) is 3.52. The quantitative estimate of drug-likeness (QED) is 0.470. The van der Waals surface area contributed by atoms with Gasteiger partial charge in [-0.25, -0.2) is 4.98 Å². The SMILES string of the molecule is Cc1nc(-n2cccc2)sc1C(=O)NCc1nnc2ccc(-c3cccs3)nn12. The smallest absolute Gasteiger partial charge is 0.263 e. The number of thiophene rings is 1. The number of amides is 1. The first kappa shape index (κ1) is 17.7. The van der Waals surface area contributed by atoms with Crippen LogP contribution in [0, 0.1) is 6.92 Å². The van der Waals surface area contributed by atoms with Crippen molar-refractivity contribution < 1.29 is 4.79 Å². The lowest BCUT2D eigenvalue weighted by Crippen LogP contribution is -2.24. The first-order valence-electron chi connectivity index (χ1n) is 8.83. The second kappa shape index (κ2) is 7.22. The zero-order valence-corrected chi connectivity index (χ0v) is 16.9. The first-order chi connectivity index (χ1) is 14.2. The largest absolute Gasteiger partial charge is 0.344 e.